The minimum atomic E-state index is -0.239. The van der Waals surface area contributed by atoms with Gasteiger partial charge in [0.25, 0.3) is 0 Å². The number of rotatable bonds is 4. The third-order valence-corrected chi connectivity index (χ3v) is 19.2. The molecule has 0 amide bonds. The number of anilines is 2. The van der Waals surface area contributed by atoms with E-state index in [1.165, 1.54) is 127 Å². The van der Waals surface area contributed by atoms with Gasteiger partial charge in [-0.15, -0.1) is 11.3 Å². The Bertz CT molecular complexity index is 4220. The Morgan fingerprint density at radius 2 is 1.22 bits per heavy atom. The van der Waals surface area contributed by atoms with Gasteiger partial charge < -0.3 is 14.3 Å². The monoisotopic (exact) mass is 980 g/mol. The second-order valence-electron chi connectivity index (χ2n) is 26.1. The molecule has 2 aliphatic carbocycles. The molecule has 5 heteroatoms. The molecule has 1 N–H and O–H groups in total. The molecule has 366 valence electrons. The van der Waals surface area contributed by atoms with Gasteiger partial charge in [0.1, 0.15) is 5.58 Å². The summed E-state index contributed by atoms with van der Waals surface area (Å²) in [5.41, 5.74) is 25.3. The molecule has 0 radical (unpaired) electrons. The van der Waals surface area contributed by atoms with Crippen LogP contribution in [0, 0.1) is 0 Å². The smallest absolute Gasteiger partial charge is 0.244 e. The lowest BCUT2D eigenvalue weighted by molar-refractivity contribution is 0.331. The fourth-order valence-electron chi connectivity index (χ4n) is 13.5. The lowest BCUT2D eigenvalue weighted by atomic mass is 9.61. The van der Waals surface area contributed by atoms with Crippen molar-refractivity contribution in [2.75, 3.05) is 5.32 Å². The molecule has 11 aromatic rings. The van der Waals surface area contributed by atoms with Gasteiger partial charge in [-0.25, -0.2) is 0 Å². The second-order valence-corrected chi connectivity index (χ2v) is 27.1. The van der Waals surface area contributed by atoms with E-state index < -0.39 is 0 Å². The SMILES string of the molecule is CC(C)(C)c1ccc(Nc2cc3c(cc2-c2c4c5c(c6cc(C(C)(C)C)ccc6n5-c5c(oc6ccc(-c7ccccc7)cc56)B4)c4sc5ccccc5c24)C(C)(C)c2cc4c(cc2-3)C(C)(C)CCC4(C)C)cc1. The van der Waals surface area contributed by atoms with E-state index in [0.29, 0.717) is 7.28 Å². The molecule has 14 rings (SSSR count). The molecule has 0 saturated carbocycles. The van der Waals surface area contributed by atoms with Crippen molar-refractivity contribution in [3.63, 3.8) is 0 Å². The van der Waals surface area contributed by atoms with E-state index in [1.54, 1.807) is 0 Å². The number of nitrogens with one attached hydrogen (secondary N) is 1. The number of thiophene rings is 1. The zero-order valence-electron chi connectivity index (χ0n) is 45.2. The Hall–Kier alpha value is -6.82. The summed E-state index contributed by atoms with van der Waals surface area (Å²) in [4.78, 5) is 0. The van der Waals surface area contributed by atoms with Crippen molar-refractivity contribution >= 4 is 94.1 Å². The fraction of sp³-hybridized carbons (Fsp3) is 0.275. The number of hydrogen-bond donors (Lipinski definition) is 1. The summed E-state index contributed by atoms with van der Waals surface area (Å²) in [6.45, 7) is 28.7. The lowest BCUT2D eigenvalue weighted by Crippen LogP contribution is -2.36. The standard InChI is InChI=1S/C69H65BN2OS/c1-65(2,3)40-23-26-42(27-24-40)71-53-36-45-44-34-51-52(68(9,10)31-30-67(51,7)8)37-50(44)69(11,12)49(45)35-46(53)57-58-43-20-16-17-21-56(43)74-63(58)59-47-33-41(66(4,5)6)25-28-54(47)72-61-48-32-39(38-18-14-13-15-19-38)22-29-55(48)73-64(61)70-60(57)62(59)72/h13-29,32-37,70-71H,30-31H2,1-12H3. The summed E-state index contributed by atoms with van der Waals surface area (Å²) >= 11 is 1.96. The normalized spacial score (nSPS) is 16.2. The van der Waals surface area contributed by atoms with Crippen LogP contribution in [0.25, 0.3) is 92.0 Å². The molecule has 0 spiro atoms. The number of nitrogens with zero attached hydrogens (tertiary/aromatic N) is 1. The van der Waals surface area contributed by atoms with Gasteiger partial charge in [-0.3, -0.25) is 0 Å². The summed E-state index contributed by atoms with van der Waals surface area (Å²) in [6, 6.07) is 53.6. The highest BCUT2D eigenvalue weighted by atomic mass is 32.1. The van der Waals surface area contributed by atoms with Crippen LogP contribution < -0.4 is 16.4 Å². The first-order valence-electron chi connectivity index (χ1n) is 27.0. The second kappa shape index (κ2) is 15.2. The maximum atomic E-state index is 7.20. The Kier molecular flexibility index (Phi) is 9.38. The molecule has 0 fully saturated rings. The quantitative estimate of drug-likeness (QED) is 0.178. The van der Waals surface area contributed by atoms with E-state index in [0.717, 1.165) is 33.7 Å². The molecule has 3 aliphatic rings. The van der Waals surface area contributed by atoms with E-state index in [4.69, 9.17) is 4.42 Å². The Morgan fingerprint density at radius 3 is 1.95 bits per heavy atom. The number of furan rings is 1. The van der Waals surface area contributed by atoms with Crippen molar-refractivity contribution < 1.29 is 4.42 Å². The van der Waals surface area contributed by atoms with Crippen molar-refractivity contribution in [2.45, 2.75) is 123 Å². The van der Waals surface area contributed by atoms with Gasteiger partial charge in [0.15, 0.2) is 0 Å². The Balaban J connectivity index is 1.12. The van der Waals surface area contributed by atoms with Crippen molar-refractivity contribution in [1.82, 2.24) is 4.57 Å². The van der Waals surface area contributed by atoms with Gasteiger partial charge in [0.2, 0.25) is 7.28 Å². The van der Waals surface area contributed by atoms with Crippen LogP contribution in [0.2, 0.25) is 0 Å². The fourth-order valence-corrected chi connectivity index (χ4v) is 14.8. The number of hydrogen-bond acceptors (Lipinski definition) is 3. The number of benzene rings is 8. The van der Waals surface area contributed by atoms with Crippen LogP contribution in [0.4, 0.5) is 11.4 Å². The summed E-state index contributed by atoms with van der Waals surface area (Å²) in [5, 5.41) is 10.6. The molecule has 0 saturated heterocycles. The van der Waals surface area contributed by atoms with E-state index in [9.17, 15) is 0 Å². The first-order chi connectivity index (χ1) is 35.2. The highest BCUT2D eigenvalue weighted by Gasteiger charge is 2.44. The molecular weight excluding hydrogens is 916 g/mol. The summed E-state index contributed by atoms with van der Waals surface area (Å²) in [7, 11) is 0.663. The minimum Gasteiger partial charge on any atom is -0.469 e. The van der Waals surface area contributed by atoms with Crippen LogP contribution in [-0.4, -0.2) is 11.8 Å². The topological polar surface area (TPSA) is 30.1 Å². The maximum Gasteiger partial charge on any atom is 0.244 e. The third-order valence-electron chi connectivity index (χ3n) is 18.0. The zero-order chi connectivity index (χ0) is 51.2. The molecule has 1 aliphatic heterocycles. The predicted octanol–water partition coefficient (Wildman–Crippen LogP) is 17.9. The van der Waals surface area contributed by atoms with E-state index in [2.05, 4.69) is 232 Å². The van der Waals surface area contributed by atoms with E-state index >= 15 is 0 Å². The third kappa shape index (κ3) is 6.50. The lowest BCUT2D eigenvalue weighted by Gasteiger charge is -2.42. The molecule has 8 aromatic carbocycles. The van der Waals surface area contributed by atoms with Gasteiger partial charge in [-0.2, -0.15) is 0 Å². The van der Waals surface area contributed by atoms with Crippen LogP contribution in [0.15, 0.2) is 144 Å². The average Bonchev–Trinajstić information content (AvgIpc) is 4.09. The van der Waals surface area contributed by atoms with Crippen molar-refractivity contribution in [3.05, 3.63) is 173 Å². The molecule has 3 aromatic heterocycles. The highest BCUT2D eigenvalue weighted by Crippen LogP contribution is 2.58. The van der Waals surface area contributed by atoms with Crippen LogP contribution in [0.3, 0.4) is 0 Å². The van der Waals surface area contributed by atoms with Gasteiger partial charge in [0, 0.05) is 58.7 Å². The van der Waals surface area contributed by atoms with E-state index in [1.807, 2.05) is 11.3 Å². The van der Waals surface area contributed by atoms with Crippen molar-refractivity contribution in [3.8, 4) is 39.1 Å². The summed E-state index contributed by atoms with van der Waals surface area (Å²) in [6.07, 6.45) is 2.38. The van der Waals surface area contributed by atoms with Crippen LogP contribution in [-0.2, 0) is 27.1 Å². The Morgan fingerprint density at radius 1 is 0.568 bits per heavy atom. The van der Waals surface area contributed by atoms with Gasteiger partial charge >= 0.3 is 0 Å². The average molecular weight is 981 g/mol. The van der Waals surface area contributed by atoms with Crippen molar-refractivity contribution in [1.29, 1.82) is 0 Å². The number of fused-ring (bicyclic) bond motifs is 15. The minimum absolute atomic E-state index is 0.0336. The predicted molar refractivity (Wildman–Crippen MR) is 321 cm³/mol. The summed E-state index contributed by atoms with van der Waals surface area (Å²) in [5.74, 6) is 0. The maximum absolute atomic E-state index is 7.20. The molecule has 0 bridgehead atoms. The Labute approximate surface area is 440 Å². The molecule has 0 atom stereocenters. The first-order valence-corrected chi connectivity index (χ1v) is 27.8. The van der Waals surface area contributed by atoms with Gasteiger partial charge in [-0.05, 0) is 162 Å². The summed E-state index contributed by atoms with van der Waals surface area (Å²) < 4.78 is 12.5. The molecule has 74 heavy (non-hydrogen) atoms. The number of aromatic nitrogens is 1. The first kappa shape index (κ1) is 45.8. The van der Waals surface area contributed by atoms with E-state index in [-0.39, 0.29) is 27.1 Å². The van der Waals surface area contributed by atoms with Crippen LogP contribution in [0.1, 0.15) is 129 Å². The molecule has 3 nitrogen and oxygen atoms in total. The molecule has 4 heterocycles. The van der Waals surface area contributed by atoms with Gasteiger partial charge in [-0.1, -0.05) is 162 Å². The van der Waals surface area contributed by atoms with Crippen LogP contribution >= 0.6 is 11.3 Å². The van der Waals surface area contributed by atoms with Crippen molar-refractivity contribution in [2.24, 2.45) is 0 Å². The highest BCUT2D eigenvalue weighted by molar-refractivity contribution is 7.27. The zero-order valence-corrected chi connectivity index (χ0v) is 46.0. The largest absolute Gasteiger partial charge is 0.469 e. The molecule has 0 unspecified atom stereocenters. The van der Waals surface area contributed by atoms with Crippen LogP contribution in [0.5, 0.6) is 0 Å². The van der Waals surface area contributed by atoms with Gasteiger partial charge in [0.05, 0.1) is 22.4 Å². The molecular formula is C69H65BN2OS.